The smallest absolute Gasteiger partial charge is 0.165 e. The third kappa shape index (κ3) is 3.16. The van der Waals surface area contributed by atoms with Crippen LogP contribution in [0.15, 0.2) is 16.6 Å². The lowest BCUT2D eigenvalue weighted by Gasteiger charge is -2.28. The second-order valence-electron chi connectivity index (χ2n) is 4.72. The fraction of sp³-hybridized carbons (Fsp3) is 0.538. The van der Waals surface area contributed by atoms with E-state index in [1.165, 1.54) is 25.3 Å². The van der Waals surface area contributed by atoms with Gasteiger partial charge in [0.1, 0.15) is 0 Å². The molecule has 0 heterocycles. The van der Waals surface area contributed by atoms with Crippen molar-refractivity contribution >= 4 is 28.3 Å². The van der Waals surface area contributed by atoms with E-state index >= 15 is 0 Å². The van der Waals surface area contributed by atoms with Gasteiger partial charge in [-0.05, 0) is 30.9 Å². The fourth-order valence-electron chi connectivity index (χ4n) is 2.60. The molecule has 2 rings (SSSR count). The largest absolute Gasteiger partial charge is 0.505 e. The van der Waals surface area contributed by atoms with Gasteiger partial charge < -0.3 is 10.8 Å². The van der Waals surface area contributed by atoms with Gasteiger partial charge in [-0.2, -0.15) is 0 Å². The lowest BCUT2D eigenvalue weighted by Crippen LogP contribution is -2.24. The summed E-state index contributed by atoms with van der Waals surface area (Å²) >= 11 is 3.34. The summed E-state index contributed by atoms with van der Waals surface area (Å²) in [5, 5.41) is 9.79. The summed E-state index contributed by atoms with van der Waals surface area (Å²) in [5.74, 6) is -0.570. The molecule has 1 aliphatic rings. The lowest BCUT2D eigenvalue weighted by atomic mass is 9.81. The Morgan fingerprint density at radius 1 is 1.28 bits per heavy atom. The zero-order valence-electron chi connectivity index (χ0n) is 10.0. The molecule has 1 saturated carbocycles. The number of benzene rings is 1. The number of aromatic hydroxyl groups is 1. The molecule has 5 heteroatoms. The van der Waals surface area contributed by atoms with Crippen LogP contribution < -0.4 is 5.73 Å². The Morgan fingerprint density at radius 2 is 1.89 bits per heavy atom. The highest BCUT2D eigenvalue weighted by Crippen LogP contribution is 2.40. The zero-order valence-corrected chi connectivity index (χ0v) is 12.4. The summed E-state index contributed by atoms with van der Waals surface area (Å²) in [6.07, 6.45) is 5.71. The van der Waals surface area contributed by atoms with Crippen LogP contribution in [-0.4, -0.2) is 5.11 Å². The van der Waals surface area contributed by atoms with Gasteiger partial charge in [-0.1, -0.05) is 35.2 Å². The van der Waals surface area contributed by atoms with Crippen molar-refractivity contribution in [2.75, 3.05) is 0 Å². The predicted octanol–water partition coefficient (Wildman–Crippen LogP) is 4.30. The molecule has 0 aliphatic heterocycles. The van der Waals surface area contributed by atoms with E-state index in [0.29, 0.717) is 16.0 Å². The van der Waals surface area contributed by atoms with Crippen molar-refractivity contribution in [2.24, 2.45) is 11.7 Å². The number of phenols is 1. The number of halogens is 3. The Morgan fingerprint density at radius 3 is 2.50 bits per heavy atom. The molecule has 0 bridgehead atoms. The van der Waals surface area contributed by atoms with Crippen LogP contribution in [-0.2, 0) is 0 Å². The molecule has 2 nitrogen and oxygen atoms in total. The molecule has 18 heavy (non-hydrogen) atoms. The van der Waals surface area contributed by atoms with Gasteiger partial charge in [0.25, 0.3) is 0 Å². The van der Waals surface area contributed by atoms with Crippen molar-refractivity contribution in [3.05, 3.63) is 28.0 Å². The highest BCUT2D eigenvalue weighted by Gasteiger charge is 2.26. The molecule has 102 valence electrons. The molecule has 1 aromatic rings. The molecular formula is C13H18BrClFNO. The molecule has 0 unspecified atom stereocenters. The Bertz CT molecular complexity index is 410. The molecule has 3 N–H and O–H groups in total. The van der Waals surface area contributed by atoms with Crippen molar-refractivity contribution in [2.45, 2.75) is 38.1 Å². The molecule has 0 radical (unpaired) electrons. The van der Waals surface area contributed by atoms with Gasteiger partial charge in [0.2, 0.25) is 0 Å². The van der Waals surface area contributed by atoms with Crippen LogP contribution in [0, 0.1) is 11.7 Å². The third-order valence-electron chi connectivity index (χ3n) is 3.61. The molecule has 1 fully saturated rings. The molecule has 0 amide bonds. The van der Waals surface area contributed by atoms with Gasteiger partial charge in [0.05, 0.1) is 0 Å². The Balaban J connectivity index is 0.00000162. The van der Waals surface area contributed by atoms with E-state index in [0.717, 1.165) is 12.8 Å². The van der Waals surface area contributed by atoms with Gasteiger partial charge in [0, 0.05) is 16.1 Å². The average Bonchev–Trinajstić information content (AvgIpc) is 2.35. The van der Waals surface area contributed by atoms with Crippen LogP contribution in [0.5, 0.6) is 5.75 Å². The highest BCUT2D eigenvalue weighted by atomic mass is 79.9. The molecule has 0 spiro atoms. The van der Waals surface area contributed by atoms with Gasteiger partial charge >= 0.3 is 0 Å². The summed E-state index contributed by atoms with van der Waals surface area (Å²) in [4.78, 5) is 0. The maximum atomic E-state index is 13.4. The Kier molecular flexibility index (Phi) is 5.89. The zero-order chi connectivity index (χ0) is 12.4. The van der Waals surface area contributed by atoms with E-state index < -0.39 is 5.82 Å². The van der Waals surface area contributed by atoms with Gasteiger partial charge in [-0.25, -0.2) is 4.39 Å². The minimum absolute atomic E-state index is 0. The first-order valence-electron chi connectivity index (χ1n) is 6.03. The number of rotatable bonds is 2. The second-order valence-corrected chi connectivity index (χ2v) is 5.57. The van der Waals surface area contributed by atoms with E-state index in [9.17, 15) is 9.50 Å². The second kappa shape index (κ2) is 6.73. The van der Waals surface area contributed by atoms with Crippen molar-refractivity contribution in [1.29, 1.82) is 0 Å². The predicted molar refractivity (Wildman–Crippen MR) is 76.5 cm³/mol. The first-order chi connectivity index (χ1) is 8.11. The van der Waals surface area contributed by atoms with E-state index in [4.69, 9.17) is 5.73 Å². The van der Waals surface area contributed by atoms with Crippen molar-refractivity contribution in [1.82, 2.24) is 0 Å². The van der Waals surface area contributed by atoms with Crippen LogP contribution in [0.3, 0.4) is 0 Å². The number of phenolic OH excluding ortho intramolecular Hbond substituents is 1. The molecular weight excluding hydrogens is 321 g/mol. The van der Waals surface area contributed by atoms with Crippen LogP contribution in [0.4, 0.5) is 4.39 Å². The lowest BCUT2D eigenvalue weighted by molar-refractivity contribution is 0.300. The summed E-state index contributed by atoms with van der Waals surface area (Å²) in [5.41, 5.74) is 6.69. The molecule has 1 aliphatic carbocycles. The fourth-order valence-corrected chi connectivity index (χ4v) is 3.19. The van der Waals surface area contributed by atoms with Crippen LogP contribution >= 0.6 is 28.3 Å². The van der Waals surface area contributed by atoms with Crippen molar-refractivity contribution in [3.63, 3.8) is 0 Å². The summed E-state index contributed by atoms with van der Waals surface area (Å²) in [7, 11) is 0. The van der Waals surface area contributed by atoms with Gasteiger partial charge in [-0.3, -0.25) is 0 Å². The summed E-state index contributed by atoms with van der Waals surface area (Å²) < 4.78 is 14.0. The molecule has 1 aromatic carbocycles. The molecule has 0 saturated heterocycles. The molecule has 1 atom stereocenters. The van der Waals surface area contributed by atoms with Crippen molar-refractivity contribution < 1.29 is 9.50 Å². The standard InChI is InChI=1S/C13H17BrFNO.ClH/c14-9-6-7-10(15)13(17)11(9)12(16)8-4-2-1-3-5-8;/h6-8,12,17H,1-5,16H2;1H/t12-;/m1./s1. The monoisotopic (exact) mass is 337 g/mol. The van der Waals surface area contributed by atoms with E-state index in [-0.39, 0.29) is 24.2 Å². The number of nitrogens with two attached hydrogens (primary N) is 1. The van der Waals surface area contributed by atoms with Gasteiger partial charge in [-0.15, -0.1) is 12.4 Å². The van der Waals surface area contributed by atoms with Crippen LogP contribution in [0.25, 0.3) is 0 Å². The number of hydrogen-bond donors (Lipinski definition) is 2. The quantitative estimate of drug-likeness (QED) is 0.844. The van der Waals surface area contributed by atoms with Gasteiger partial charge in [0.15, 0.2) is 11.6 Å². The average molecular weight is 339 g/mol. The van der Waals surface area contributed by atoms with E-state index in [1.807, 2.05) is 0 Å². The first kappa shape index (κ1) is 15.7. The van der Waals surface area contributed by atoms with Crippen molar-refractivity contribution in [3.8, 4) is 5.75 Å². The van der Waals surface area contributed by atoms with E-state index in [2.05, 4.69) is 15.9 Å². The van der Waals surface area contributed by atoms with Crippen LogP contribution in [0.2, 0.25) is 0 Å². The maximum absolute atomic E-state index is 13.4. The minimum Gasteiger partial charge on any atom is -0.505 e. The normalized spacial score (nSPS) is 18.2. The topological polar surface area (TPSA) is 46.2 Å². The van der Waals surface area contributed by atoms with Crippen LogP contribution in [0.1, 0.15) is 43.7 Å². The Labute approximate surface area is 121 Å². The number of hydrogen-bond acceptors (Lipinski definition) is 2. The van der Waals surface area contributed by atoms with E-state index in [1.54, 1.807) is 6.07 Å². The third-order valence-corrected chi connectivity index (χ3v) is 4.30. The maximum Gasteiger partial charge on any atom is 0.165 e. The first-order valence-corrected chi connectivity index (χ1v) is 6.83. The minimum atomic E-state index is -0.602. The summed E-state index contributed by atoms with van der Waals surface area (Å²) in [6.45, 7) is 0. The molecule has 0 aromatic heterocycles. The SMILES string of the molecule is Cl.N[C@@H](c1c(Br)ccc(F)c1O)C1CCCCC1. The Hall–Kier alpha value is -0.320. The highest BCUT2D eigenvalue weighted by molar-refractivity contribution is 9.10. The summed E-state index contributed by atoms with van der Waals surface area (Å²) in [6, 6.07) is 2.56.